The first-order valence-electron chi connectivity index (χ1n) is 8.22. The lowest BCUT2D eigenvalue weighted by molar-refractivity contribution is -0.139. The van der Waals surface area contributed by atoms with Gasteiger partial charge in [-0.15, -0.1) is 0 Å². The number of carboxylic acids is 1. The largest absolute Gasteiger partial charge is 0.480 e. The van der Waals surface area contributed by atoms with Gasteiger partial charge in [-0.2, -0.15) is 0 Å². The van der Waals surface area contributed by atoms with Gasteiger partial charge in [-0.3, -0.25) is 13.8 Å². The summed E-state index contributed by atoms with van der Waals surface area (Å²) in [6.07, 6.45) is 0.00484. The van der Waals surface area contributed by atoms with Gasteiger partial charge in [0.1, 0.15) is 6.04 Å². The molecule has 0 radical (unpaired) electrons. The van der Waals surface area contributed by atoms with Crippen molar-refractivity contribution in [2.24, 2.45) is 0 Å². The van der Waals surface area contributed by atoms with Crippen LogP contribution >= 0.6 is 0 Å². The van der Waals surface area contributed by atoms with Crippen LogP contribution in [0.25, 0.3) is 0 Å². The van der Waals surface area contributed by atoms with E-state index in [2.05, 4.69) is 10.6 Å². The SMILES string of the molecule is CC(=O)Nc1ccccc1C(=O)N[C@@H](CC[S@](=O)c1ccccc1)C(=O)O. The van der Waals surface area contributed by atoms with E-state index in [1.165, 1.54) is 13.0 Å². The van der Waals surface area contributed by atoms with Gasteiger partial charge in [-0.25, -0.2) is 4.79 Å². The molecular weight excluding hydrogens is 368 g/mol. The number of carbonyl (C=O) groups excluding carboxylic acids is 2. The molecule has 2 amide bonds. The highest BCUT2D eigenvalue weighted by molar-refractivity contribution is 7.85. The molecule has 0 bridgehead atoms. The molecule has 2 rings (SSSR count). The van der Waals surface area contributed by atoms with E-state index in [-0.39, 0.29) is 23.6 Å². The zero-order valence-electron chi connectivity index (χ0n) is 14.7. The van der Waals surface area contributed by atoms with Gasteiger partial charge in [0.15, 0.2) is 0 Å². The third-order valence-electron chi connectivity index (χ3n) is 3.68. The average molecular weight is 388 g/mol. The third-order valence-corrected chi connectivity index (χ3v) is 5.09. The summed E-state index contributed by atoms with van der Waals surface area (Å²) in [6.45, 7) is 1.31. The fraction of sp³-hybridized carbons (Fsp3) is 0.211. The molecule has 0 spiro atoms. The Bertz CT molecular complexity index is 854. The van der Waals surface area contributed by atoms with Crippen molar-refractivity contribution in [1.82, 2.24) is 5.32 Å². The average Bonchev–Trinajstić information content (AvgIpc) is 2.65. The Labute approximate surface area is 159 Å². The van der Waals surface area contributed by atoms with Crippen LogP contribution in [0.2, 0.25) is 0 Å². The van der Waals surface area contributed by atoms with E-state index >= 15 is 0 Å². The standard InChI is InChI=1S/C19H20N2O5S/c1-13(22)20-16-10-6-5-9-15(16)18(23)21-17(19(24)25)11-12-27(26)14-7-3-2-4-8-14/h2-10,17H,11-12H2,1H3,(H,20,22)(H,21,23)(H,24,25)/t17-,27-/m0/s1. The van der Waals surface area contributed by atoms with Crippen LogP contribution in [0.1, 0.15) is 23.7 Å². The minimum absolute atomic E-state index is 0.00484. The second-order valence-corrected chi connectivity index (χ2v) is 7.31. The first-order valence-corrected chi connectivity index (χ1v) is 9.54. The van der Waals surface area contributed by atoms with Gasteiger partial charge in [-0.05, 0) is 30.7 Å². The van der Waals surface area contributed by atoms with Crippen LogP contribution < -0.4 is 10.6 Å². The molecule has 0 saturated carbocycles. The first-order chi connectivity index (χ1) is 12.9. The summed E-state index contributed by atoms with van der Waals surface area (Å²) in [5.74, 6) is -2.10. The lowest BCUT2D eigenvalue weighted by Crippen LogP contribution is -2.41. The van der Waals surface area contributed by atoms with Crippen molar-refractivity contribution in [3.05, 3.63) is 60.2 Å². The number of para-hydroxylation sites is 1. The van der Waals surface area contributed by atoms with Gasteiger partial charge < -0.3 is 15.7 Å². The number of hydrogen-bond acceptors (Lipinski definition) is 4. The van der Waals surface area contributed by atoms with Crippen LogP contribution in [0.3, 0.4) is 0 Å². The number of benzene rings is 2. The molecule has 0 aliphatic rings. The molecule has 27 heavy (non-hydrogen) atoms. The van der Waals surface area contributed by atoms with Crippen LogP contribution in [-0.2, 0) is 20.4 Å². The molecule has 0 unspecified atom stereocenters. The van der Waals surface area contributed by atoms with Crippen LogP contribution in [0.15, 0.2) is 59.5 Å². The summed E-state index contributed by atoms with van der Waals surface area (Å²) in [4.78, 5) is 35.8. The van der Waals surface area contributed by atoms with Gasteiger partial charge in [0, 0.05) is 17.6 Å². The normalized spacial score (nSPS) is 12.6. The maximum atomic E-state index is 12.5. The molecule has 2 aromatic carbocycles. The second kappa shape index (κ2) is 9.63. The number of hydrogen-bond donors (Lipinski definition) is 3. The smallest absolute Gasteiger partial charge is 0.326 e. The topological polar surface area (TPSA) is 113 Å². The van der Waals surface area contributed by atoms with E-state index in [1.54, 1.807) is 48.5 Å². The van der Waals surface area contributed by atoms with Gasteiger partial charge in [0.05, 0.1) is 22.1 Å². The highest BCUT2D eigenvalue weighted by Gasteiger charge is 2.23. The quantitative estimate of drug-likeness (QED) is 0.640. The van der Waals surface area contributed by atoms with E-state index in [9.17, 15) is 23.7 Å². The molecule has 0 saturated heterocycles. The van der Waals surface area contributed by atoms with Crippen LogP contribution in [0.4, 0.5) is 5.69 Å². The number of amides is 2. The van der Waals surface area contributed by atoms with Gasteiger partial charge in [0.25, 0.3) is 5.91 Å². The molecule has 2 atom stereocenters. The minimum atomic E-state index is -1.36. The van der Waals surface area contributed by atoms with E-state index < -0.39 is 28.7 Å². The molecule has 0 heterocycles. The first kappa shape index (κ1) is 20.3. The third kappa shape index (κ3) is 6.03. The van der Waals surface area contributed by atoms with Gasteiger partial charge in [0.2, 0.25) is 5.91 Å². The summed E-state index contributed by atoms with van der Waals surface area (Å²) in [5.41, 5.74) is 0.447. The Kier molecular flexibility index (Phi) is 7.25. The molecule has 2 aromatic rings. The van der Waals surface area contributed by atoms with Gasteiger partial charge >= 0.3 is 5.97 Å². The van der Waals surface area contributed by atoms with Crippen LogP contribution in [0.5, 0.6) is 0 Å². The van der Waals surface area contributed by atoms with Crippen molar-refractivity contribution in [3.63, 3.8) is 0 Å². The lowest BCUT2D eigenvalue weighted by atomic mass is 10.1. The number of carboxylic acid groups (broad SMARTS) is 1. The van der Waals surface area contributed by atoms with Crippen molar-refractivity contribution in [1.29, 1.82) is 0 Å². The van der Waals surface area contributed by atoms with Crippen molar-refractivity contribution in [3.8, 4) is 0 Å². The predicted molar refractivity (Wildman–Crippen MR) is 102 cm³/mol. The van der Waals surface area contributed by atoms with Crippen molar-refractivity contribution < 1.29 is 23.7 Å². The van der Waals surface area contributed by atoms with Crippen molar-refractivity contribution in [2.45, 2.75) is 24.3 Å². The summed E-state index contributed by atoms with van der Waals surface area (Å²) in [6, 6.07) is 13.8. The molecule has 3 N–H and O–H groups in total. The van der Waals surface area contributed by atoms with E-state index in [1.807, 2.05) is 0 Å². The maximum Gasteiger partial charge on any atom is 0.326 e. The molecule has 0 fully saturated rings. The Balaban J connectivity index is 2.06. The molecule has 0 aromatic heterocycles. The summed E-state index contributed by atoms with van der Waals surface area (Å²) >= 11 is 0. The minimum Gasteiger partial charge on any atom is -0.480 e. The monoisotopic (exact) mass is 388 g/mol. The highest BCUT2D eigenvalue weighted by atomic mass is 32.2. The number of anilines is 1. The van der Waals surface area contributed by atoms with E-state index in [0.29, 0.717) is 10.6 Å². The molecule has 142 valence electrons. The molecule has 8 heteroatoms. The summed E-state index contributed by atoms with van der Waals surface area (Å²) in [7, 11) is -1.36. The number of nitrogens with one attached hydrogen (secondary N) is 2. The van der Waals surface area contributed by atoms with Crippen molar-refractivity contribution >= 4 is 34.3 Å². The maximum absolute atomic E-state index is 12.5. The molecule has 0 aliphatic heterocycles. The van der Waals surface area contributed by atoms with E-state index in [0.717, 1.165) is 0 Å². The lowest BCUT2D eigenvalue weighted by Gasteiger charge is -2.16. The second-order valence-electron chi connectivity index (χ2n) is 5.74. The zero-order valence-corrected chi connectivity index (χ0v) is 15.5. The Morgan fingerprint density at radius 2 is 1.67 bits per heavy atom. The molecule has 7 nitrogen and oxygen atoms in total. The Morgan fingerprint density at radius 1 is 1.04 bits per heavy atom. The summed E-state index contributed by atoms with van der Waals surface area (Å²) in [5, 5.41) is 14.3. The summed E-state index contributed by atoms with van der Waals surface area (Å²) < 4.78 is 12.3. The van der Waals surface area contributed by atoms with Crippen LogP contribution in [0, 0.1) is 0 Å². The highest BCUT2D eigenvalue weighted by Crippen LogP contribution is 2.15. The van der Waals surface area contributed by atoms with Crippen molar-refractivity contribution in [2.75, 3.05) is 11.1 Å². The number of aliphatic carboxylic acids is 1. The number of carbonyl (C=O) groups is 3. The van der Waals surface area contributed by atoms with Gasteiger partial charge in [-0.1, -0.05) is 30.3 Å². The molecular formula is C19H20N2O5S. The van der Waals surface area contributed by atoms with E-state index in [4.69, 9.17) is 0 Å². The Morgan fingerprint density at radius 3 is 2.30 bits per heavy atom. The predicted octanol–water partition coefficient (Wildman–Crippen LogP) is 2.03. The zero-order chi connectivity index (χ0) is 19.8. The fourth-order valence-electron chi connectivity index (χ4n) is 2.39. The number of rotatable bonds is 8. The molecule has 0 aliphatic carbocycles. The van der Waals surface area contributed by atoms with Crippen LogP contribution in [-0.4, -0.2) is 38.9 Å². The Hall–Kier alpha value is -3.00. The fourth-order valence-corrected chi connectivity index (χ4v) is 3.53.